The van der Waals surface area contributed by atoms with Crippen LogP contribution in [-0.4, -0.2) is 47.1 Å². The number of ether oxygens (including phenoxy) is 2. The van der Waals surface area contributed by atoms with E-state index in [4.69, 9.17) is 9.47 Å². The molecule has 2 aromatic rings. The second-order valence-corrected chi connectivity index (χ2v) is 8.96. The molecule has 1 atom stereocenters. The largest absolute Gasteiger partial charge is 0.507 e. The Morgan fingerprint density at radius 3 is 2.41 bits per heavy atom. The smallest absolute Gasteiger partial charge is 0.295 e. The van der Waals surface area contributed by atoms with E-state index >= 15 is 0 Å². The number of rotatable bonds is 9. The summed E-state index contributed by atoms with van der Waals surface area (Å²) in [7, 11) is 1.44. The fourth-order valence-electron chi connectivity index (χ4n) is 4.03. The van der Waals surface area contributed by atoms with Crippen LogP contribution < -0.4 is 9.47 Å². The number of likely N-dealkylation sites (tertiary alicyclic amines) is 1. The van der Waals surface area contributed by atoms with Crippen LogP contribution in [-0.2, 0) is 9.59 Å². The number of aliphatic hydroxyl groups is 1. The van der Waals surface area contributed by atoms with Crippen LogP contribution in [0.5, 0.6) is 17.2 Å². The lowest BCUT2D eigenvalue weighted by molar-refractivity contribution is -0.139. The molecular weight excluding hydrogens is 434 g/mol. The zero-order chi connectivity index (χ0) is 25.0. The third kappa shape index (κ3) is 5.03. The first-order chi connectivity index (χ1) is 16.2. The summed E-state index contributed by atoms with van der Waals surface area (Å²) < 4.78 is 10.9. The Bertz CT molecular complexity index is 1100. The molecule has 7 nitrogen and oxygen atoms in total. The molecule has 2 N–H and O–H groups in total. The van der Waals surface area contributed by atoms with Gasteiger partial charge < -0.3 is 24.6 Å². The molecule has 1 aliphatic rings. The second-order valence-electron chi connectivity index (χ2n) is 8.96. The van der Waals surface area contributed by atoms with Crippen molar-refractivity contribution in [1.29, 1.82) is 0 Å². The molecular formula is C27H33NO6. The minimum absolute atomic E-state index is 0.000851. The highest BCUT2D eigenvalue weighted by Crippen LogP contribution is 2.42. The summed E-state index contributed by atoms with van der Waals surface area (Å²) in [6.07, 6.45) is 1.54. The molecule has 2 aromatic carbocycles. The van der Waals surface area contributed by atoms with Gasteiger partial charge in [-0.1, -0.05) is 33.3 Å². The quantitative estimate of drug-likeness (QED) is 0.307. The maximum absolute atomic E-state index is 13.1. The minimum atomic E-state index is -0.819. The van der Waals surface area contributed by atoms with E-state index in [0.29, 0.717) is 42.4 Å². The molecule has 0 spiro atoms. The number of unbranched alkanes of at least 4 members (excludes halogenated alkanes) is 1. The summed E-state index contributed by atoms with van der Waals surface area (Å²) in [5, 5.41) is 21.6. The maximum Gasteiger partial charge on any atom is 0.295 e. The van der Waals surface area contributed by atoms with Crippen molar-refractivity contribution in [2.45, 2.75) is 46.6 Å². The molecule has 0 aromatic heterocycles. The Labute approximate surface area is 200 Å². The molecule has 7 heteroatoms. The number of phenolic OH excluding ortho intramolecular Hbond substituents is 1. The summed E-state index contributed by atoms with van der Waals surface area (Å²) in [5.74, 6) is -0.421. The highest BCUT2D eigenvalue weighted by Gasteiger charge is 2.46. The van der Waals surface area contributed by atoms with E-state index in [1.165, 1.54) is 18.1 Å². The van der Waals surface area contributed by atoms with E-state index in [1.807, 2.05) is 13.8 Å². The van der Waals surface area contributed by atoms with Crippen LogP contribution in [0.2, 0.25) is 0 Å². The molecule has 0 bridgehead atoms. The van der Waals surface area contributed by atoms with E-state index in [0.717, 1.165) is 12.0 Å². The van der Waals surface area contributed by atoms with Crippen molar-refractivity contribution >= 4 is 17.4 Å². The summed E-state index contributed by atoms with van der Waals surface area (Å²) in [6.45, 7) is 8.90. The van der Waals surface area contributed by atoms with Gasteiger partial charge >= 0.3 is 0 Å². The lowest BCUT2D eigenvalue weighted by Crippen LogP contribution is -2.30. The van der Waals surface area contributed by atoms with Crippen LogP contribution in [0.1, 0.15) is 56.3 Å². The number of hydrogen-bond acceptors (Lipinski definition) is 6. The number of methoxy groups -OCH3 is 1. The molecule has 1 heterocycles. The van der Waals surface area contributed by atoms with Gasteiger partial charge in [0.25, 0.3) is 11.7 Å². The number of ketones is 1. The third-order valence-electron chi connectivity index (χ3n) is 5.83. The van der Waals surface area contributed by atoms with Crippen LogP contribution in [0.4, 0.5) is 0 Å². The van der Waals surface area contributed by atoms with Gasteiger partial charge in [0, 0.05) is 12.1 Å². The van der Waals surface area contributed by atoms with Crippen LogP contribution >= 0.6 is 0 Å². The van der Waals surface area contributed by atoms with E-state index < -0.39 is 17.7 Å². The lowest BCUT2D eigenvalue weighted by Gasteiger charge is -2.25. The van der Waals surface area contributed by atoms with Gasteiger partial charge in [0.1, 0.15) is 11.5 Å². The number of Topliss-reactive ketones (excluding diaryl/α,β-unsaturated/α-hetero) is 1. The van der Waals surface area contributed by atoms with Gasteiger partial charge in [-0.05, 0) is 60.7 Å². The summed E-state index contributed by atoms with van der Waals surface area (Å²) in [4.78, 5) is 27.5. The minimum Gasteiger partial charge on any atom is -0.507 e. The number of nitrogens with zero attached hydrogens (tertiary/aromatic N) is 1. The number of amides is 1. The van der Waals surface area contributed by atoms with Gasteiger partial charge in [-0.3, -0.25) is 9.59 Å². The predicted molar refractivity (Wildman–Crippen MR) is 130 cm³/mol. The zero-order valence-electron chi connectivity index (χ0n) is 20.4. The average Bonchev–Trinajstić information content (AvgIpc) is 3.06. The Balaban J connectivity index is 2.10. The van der Waals surface area contributed by atoms with Gasteiger partial charge in [0.15, 0.2) is 11.5 Å². The molecule has 0 aliphatic carbocycles. The topological polar surface area (TPSA) is 96.3 Å². The van der Waals surface area contributed by atoms with E-state index in [-0.39, 0.29) is 22.8 Å². The van der Waals surface area contributed by atoms with E-state index in [2.05, 4.69) is 13.8 Å². The highest BCUT2D eigenvalue weighted by atomic mass is 16.5. The Morgan fingerprint density at radius 2 is 1.82 bits per heavy atom. The number of aromatic hydroxyl groups is 1. The fraction of sp³-hybridized carbons (Fsp3) is 0.407. The van der Waals surface area contributed by atoms with Crippen molar-refractivity contribution in [2.24, 2.45) is 5.92 Å². The molecule has 3 rings (SSSR count). The van der Waals surface area contributed by atoms with Gasteiger partial charge in [-0.25, -0.2) is 0 Å². The molecule has 1 fully saturated rings. The van der Waals surface area contributed by atoms with Gasteiger partial charge in [-0.2, -0.15) is 0 Å². The van der Waals surface area contributed by atoms with Gasteiger partial charge in [0.05, 0.1) is 25.3 Å². The van der Waals surface area contributed by atoms with Crippen molar-refractivity contribution in [2.75, 3.05) is 20.3 Å². The number of aryl methyl sites for hydroxylation is 1. The molecule has 1 saturated heterocycles. The summed E-state index contributed by atoms with van der Waals surface area (Å²) in [6, 6.07) is 9.10. The average molecular weight is 468 g/mol. The first kappa shape index (κ1) is 25.1. The predicted octanol–water partition coefficient (Wildman–Crippen LogP) is 4.97. The van der Waals surface area contributed by atoms with Crippen LogP contribution in [0.25, 0.3) is 5.76 Å². The number of aliphatic hydroxyl groups excluding tert-OH is 1. The molecule has 34 heavy (non-hydrogen) atoms. The first-order valence-corrected chi connectivity index (χ1v) is 11.6. The maximum atomic E-state index is 13.1. The number of carbonyl (C=O) groups is 2. The summed E-state index contributed by atoms with van der Waals surface area (Å²) in [5.41, 5.74) is 1.75. The van der Waals surface area contributed by atoms with Crippen LogP contribution in [0, 0.1) is 12.8 Å². The van der Waals surface area contributed by atoms with Crippen molar-refractivity contribution in [1.82, 2.24) is 4.90 Å². The molecule has 1 amide bonds. The Morgan fingerprint density at radius 1 is 1.12 bits per heavy atom. The second kappa shape index (κ2) is 10.6. The third-order valence-corrected chi connectivity index (χ3v) is 5.83. The number of carbonyl (C=O) groups excluding carboxylic acids is 2. The molecule has 1 unspecified atom stereocenters. The van der Waals surface area contributed by atoms with Crippen LogP contribution in [0.3, 0.4) is 0 Å². The molecule has 0 saturated carbocycles. The van der Waals surface area contributed by atoms with Crippen molar-refractivity contribution < 1.29 is 29.3 Å². The van der Waals surface area contributed by atoms with Crippen LogP contribution in [0.15, 0.2) is 42.0 Å². The number of benzene rings is 2. The Hall–Kier alpha value is -3.48. The first-order valence-electron chi connectivity index (χ1n) is 11.6. The van der Waals surface area contributed by atoms with Crippen molar-refractivity contribution in [3.8, 4) is 17.2 Å². The van der Waals surface area contributed by atoms with E-state index in [1.54, 1.807) is 30.3 Å². The highest BCUT2D eigenvalue weighted by molar-refractivity contribution is 6.46. The SMILES string of the molecule is CCCCN1C(=O)C(=O)/C(=C(\O)c2ccc(OCC(C)C)c(C)c2)C1c1ccc(OC)c(O)c1. The standard InChI is InChI=1S/C27H33NO6/c1-6-7-12-28-24(18-8-11-22(33-5)20(29)14-18)23(26(31)27(28)32)25(30)19-9-10-21(17(4)13-19)34-15-16(2)3/h8-11,13-14,16,24,29-30H,6-7,12,15H2,1-5H3/b25-23-. The monoisotopic (exact) mass is 467 g/mol. The molecule has 182 valence electrons. The Kier molecular flexibility index (Phi) is 7.87. The number of phenols is 1. The van der Waals surface area contributed by atoms with Gasteiger partial charge in [-0.15, -0.1) is 0 Å². The molecule has 1 aliphatic heterocycles. The lowest BCUT2D eigenvalue weighted by atomic mass is 9.94. The number of hydrogen-bond donors (Lipinski definition) is 2. The van der Waals surface area contributed by atoms with E-state index in [9.17, 15) is 19.8 Å². The van der Waals surface area contributed by atoms with Crippen molar-refractivity contribution in [3.05, 3.63) is 58.7 Å². The zero-order valence-corrected chi connectivity index (χ0v) is 20.4. The van der Waals surface area contributed by atoms with Gasteiger partial charge in [0.2, 0.25) is 0 Å². The fourth-order valence-corrected chi connectivity index (χ4v) is 4.03. The summed E-state index contributed by atoms with van der Waals surface area (Å²) >= 11 is 0. The van der Waals surface area contributed by atoms with Crippen molar-refractivity contribution in [3.63, 3.8) is 0 Å². The normalized spacial score (nSPS) is 17.5. The molecule has 0 radical (unpaired) electrons.